The molecule has 1 heterocycles. The molecule has 0 saturated heterocycles. The summed E-state index contributed by atoms with van der Waals surface area (Å²) in [7, 11) is 0. The standard InChI is InChI=1S/C13H11BrClNO2/c1-8(14)9-4-2-3-5-10(9)16-13(17)11-6-7-12(15)18-11/h2-8H,1H3,(H,16,17). The number of anilines is 1. The SMILES string of the molecule is CC(Br)c1ccccc1NC(=O)c1ccc(Cl)o1. The molecular weight excluding hydrogens is 318 g/mol. The van der Waals surface area contributed by atoms with E-state index < -0.39 is 0 Å². The second kappa shape index (κ2) is 5.59. The second-order valence-corrected chi connectivity index (χ2v) is 5.51. The highest BCUT2D eigenvalue weighted by atomic mass is 79.9. The average Bonchev–Trinajstić information content (AvgIpc) is 2.76. The Morgan fingerprint density at radius 1 is 1.33 bits per heavy atom. The molecule has 0 aliphatic rings. The number of amides is 1. The van der Waals surface area contributed by atoms with Crippen LogP contribution in [0.2, 0.25) is 5.22 Å². The van der Waals surface area contributed by atoms with Crippen molar-refractivity contribution in [3.8, 4) is 0 Å². The lowest BCUT2D eigenvalue weighted by molar-refractivity contribution is 0.0996. The first kappa shape index (κ1) is 13.2. The number of hydrogen-bond donors (Lipinski definition) is 1. The van der Waals surface area contributed by atoms with Gasteiger partial charge in [-0.3, -0.25) is 4.79 Å². The fourth-order valence-electron chi connectivity index (χ4n) is 1.58. The molecule has 1 unspecified atom stereocenters. The summed E-state index contributed by atoms with van der Waals surface area (Å²) in [4.78, 5) is 12.1. The number of para-hydroxylation sites is 1. The number of furan rings is 1. The summed E-state index contributed by atoms with van der Waals surface area (Å²) in [5, 5.41) is 3.00. The van der Waals surface area contributed by atoms with Crippen LogP contribution in [-0.2, 0) is 0 Å². The van der Waals surface area contributed by atoms with E-state index in [0.29, 0.717) is 0 Å². The van der Waals surface area contributed by atoms with Crippen molar-refractivity contribution in [3.05, 3.63) is 52.9 Å². The van der Waals surface area contributed by atoms with E-state index in [9.17, 15) is 4.79 Å². The average molecular weight is 329 g/mol. The Morgan fingerprint density at radius 3 is 2.67 bits per heavy atom. The van der Waals surface area contributed by atoms with E-state index in [1.54, 1.807) is 0 Å². The zero-order valence-electron chi connectivity index (χ0n) is 9.61. The normalized spacial score (nSPS) is 12.2. The zero-order chi connectivity index (χ0) is 13.1. The maximum absolute atomic E-state index is 11.9. The number of rotatable bonds is 3. The van der Waals surface area contributed by atoms with Crippen LogP contribution in [0, 0.1) is 0 Å². The van der Waals surface area contributed by atoms with Crippen LogP contribution in [0.5, 0.6) is 0 Å². The third-order valence-electron chi connectivity index (χ3n) is 2.43. The van der Waals surface area contributed by atoms with Crippen molar-refractivity contribution in [1.82, 2.24) is 0 Å². The van der Waals surface area contributed by atoms with Crippen LogP contribution in [0.3, 0.4) is 0 Å². The van der Waals surface area contributed by atoms with Gasteiger partial charge in [0.25, 0.3) is 5.91 Å². The van der Waals surface area contributed by atoms with Crippen molar-refractivity contribution in [2.45, 2.75) is 11.8 Å². The molecule has 0 saturated carbocycles. The first-order chi connectivity index (χ1) is 8.58. The molecule has 0 aliphatic carbocycles. The van der Waals surface area contributed by atoms with Crippen LogP contribution in [-0.4, -0.2) is 5.91 Å². The van der Waals surface area contributed by atoms with Gasteiger partial charge in [-0.2, -0.15) is 0 Å². The Hall–Kier alpha value is -1.26. The molecule has 3 nitrogen and oxygen atoms in total. The number of nitrogens with one attached hydrogen (secondary N) is 1. The molecule has 1 amide bonds. The summed E-state index contributed by atoms with van der Waals surface area (Å²) < 4.78 is 5.06. The van der Waals surface area contributed by atoms with Gasteiger partial charge in [0, 0.05) is 10.5 Å². The third kappa shape index (κ3) is 2.94. The van der Waals surface area contributed by atoms with Gasteiger partial charge in [0.2, 0.25) is 0 Å². The lowest BCUT2D eigenvalue weighted by atomic mass is 10.1. The van der Waals surface area contributed by atoms with E-state index >= 15 is 0 Å². The van der Waals surface area contributed by atoms with Gasteiger partial charge in [-0.1, -0.05) is 34.1 Å². The van der Waals surface area contributed by atoms with E-state index in [4.69, 9.17) is 16.0 Å². The minimum Gasteiger partial charge on any atom is -0.440 e. The fraction of sp³-hybridized carbons (Fsp3) is 0.154. The number of carbonyl (C=O) groups excluding carboxylic acids is 1. The highest BCUT2D eigenvalue weighted by Crippen LogP contribution is 2.29. The lowest BCUT2D eigenvalue weighted by Gasteiger charge is -2.11. The quantitative estimate of drug-likeness (QED) is 0.834. The van der Waals surface area contributed by atoms with Crippen molar-refractivity contribution >= 4 is 39.1 Å². The monoisotopic (exact) mass is 327 g/mol. The molecule has 0 fully saturated rings. The summed E-state index contributed by atoms with van der Waals surface area (Å²) in [5.74, 6) is -0.125. The van der Waals surface area contributed by atoms with Gasteiger partial charge in [-0.05, 0) is 42.3 Å². The Morgan fingerprint density at radius 2 is 2.06 bits per heavy atom. The molecule has 2 rings (SSSR count). The fourth-order valence-corrected chi connectivity index (χ4v) is 2.12. The first-order valence-electron chi connectivity index (χ1n) is 5.37. The minimum atomic E-state index is -0.317. The largest absolute Gasteiger partial charge is 0.440 e. The van der Waals surface area contributed by atoms with Crippen molar-refractivity contribution < 1.29 is 9.21 Å². The van der Waals surface area contributed by atoms with E-state index in [0.717, 1.165) is 11.3 Å². The third-order valence-corrected chi connectivity index (χ3v) is 3.13. The smallest absolute Gasteiger partial charge is 0.291 e. The van der Waals surface area contributed by atoms with Crippen molar-refractivity contribution in [2.24, 2.45) is 0 Å². The van der Waals surface area contributed by atoms with Crippen LogP contribution in [0.1, 0.15) is 27.9 Å². The summed E-state index contributed by atoms with van der Waals surface area (Å²) in [6.07, 6.45) is 0. The number of alkyl halides is 1. The molecule has 0 bridgehead atoms. The number of benzene rings is 1. The van der Waals surface area contributed by atoms with Gasteiger partial charge >= 0.3 is 0 Å². The van der Waals surface area contributed by atoms with Gasteiger partial charge in [0.05, 0.1) is 0 Å². The van der Waals surface area contributed by atoms with E-state index in [1.165, 1.54) is 12.1 Å². The lowest BCUT2D eigenvalue weighted by Crippen LogP contribution is -2.12. The Bertz CT molecular complexity index is 566. The molecule has 0 aliphatic heterocycles. The van der Waals surface area contributed by atoms with Crippen LogP contribution in [0.15, 0.2) is 40.8 Å². The van der Waals surface area contributed by atoms with Crippen LogP contribution < -0.4 is 5.32 Å². The molecule has 94 valence electrons. The number of hydrogen-bond acceptors (Lipinski definition) is 2. The van der Waals surface area contributed by atoms with Gasteiger partial charge in [-0.15, -0.1) is 0 Å². The molecule has 5 heteroatoms. The van der Waals surface area contributed by atoms with E-state index in [2.05, 4.69) is 21.2 Å². The predicted molar refractivity (Wildman–Crippen MR) is 75.5 cm³/mol. The van der Waals surface area contributed by atoms with Crippen molar-refractivity contribution in [1.29, 1.82) is 0 Å². The molecule has 18 heavy (non-hydrogen) atoms. The van der Waals surface area contributed by atoms with Crippen molar-refractivity contribution in [2.75, 3.05) is 5.32 Å². The molecule has 0 radical (unpaired) electrons. The topological polar surface area (TPSA) is 42.2 Å². The van der Waals surface area contributed by atoms with Gasteiger partial charge in [0.15, 0.2) is 11.0 Å². The van der Waals surface area contributed by atoms with Crippen LogP contribution >= 0.6 is 27.5 Å². The highest BCUT2D eigenvalue weighted by molar-refractivity contribution is 9.09. The van der Waals surface area contributed by atoms with Crippen molar-refractivity contribution in [3.63, 3.8) is 0 Å². The molecule has 2 aromatic rings. The number of halogens is 2. The zero-order valence-corrected chi connectivity index (χ0v) is 12.0. The number of carbonyl (C=O) groups is 1. The highest BCUT2D eigenvalue weighted by Gasteiger charge is 2.14. The van der Waals surface area contributed by atoms with Crippen LogP contribution in [0.25, 0.3) is 0 Å². The molecule has 1 aromatic heterocycles. The molecule has 1 aromatic carbocycles. The second-order valence-electron chi connectivity index (χ2n) is 3.76. The Kier molecular flexibility index (Phi) is 4.09. The minimum absolute atomic E-state index is 0.147. The molecule has 0 spiro atoms. The van der Waals surface area contributed by atoms with Gasteiger partial charge < -0.3 is 9.73 Å². The molecule has 1 N–H and O–H groups in total. The molecule has 1 atom stereocenters. The molecular formula is C13H11BrClNO2. The van der Waals surface area contributed by atoms with E-state index in [-0.39, 0.29) is 21.7 Å². The first-order valence-corrected chi connectivity index (χ1v) is 6.67. The van der Waals surface area contributed by atoms with Gasteiger partial charge in [0.1, 0.15) is 0 Å². The van der Waals surface area contributed by atoms with Gasteiger partial charge in [-0.25, -0.2) is 0 Å². The maximum Gasteiger partial charge on any atom is 0.291 e. The van der Waals surface area contributed by atoms with Crippen LogP contribution in [0.4, 0.5) is 5.69 Å². The Balaban J connectivity index is 2.22. The Labute approximate surface area is 118 Å². The summed E-state index contributed by atoms with van der Waals surface area (Å²) in [6.45, 7) is 1.99. The van der Waals surface area contributed by atoms with E-state index in [1.807, 2.05) is 31.2 Å². The predicted octanol–water partition coefficient (Wildman–Crippen LogP) is 4.64. The summed E-state index contributed by atoms with van der Waals surface area (Å²) >= 11 is 9.12. The summed E-state index contributed by atoms with van der Waals surface area (Å²) in [6, 6.07) is 10.7. The summed E-state index contributed by atoms with van der Waals surface area (Å²) in [5.41, 5.74) is 1.75. The maximum atomic E-state index is 11.9.